The molecular weight excluding hydrogens is 250 g/mol. The van der Waals surface area contributed by atoms with Crippen LogP contribution in [0, 0.1) is 0 Å². The minimum absolute atomic E-state index is 0.161. The van der Waals surface area contributed by atoms with Gasteiger partial charge in [0.15, 0.2) is 0 Å². The van der Waals surface area contributed by atoms with Crippen molar-refractivity contribution in [3.63, 3.8) is 0 Å². The number of anilines is 1. The summed E-state index contributed by atoms with van der Waals surface area (Å²) >= 11 is 6.29. The first kappa shape index (κ1) is 13.7. The van der Waals surface area contributed by atoms with Crippen molar-refractivity contribution >= 4 is 17.3 Å². The molecule has 0 aliphatic carbocycles. The van der Waals surface area contributed by atoms with Gasteiger partial charge >= 0.3 is 0 Å². The summed E-state index contributed by atoms with van der Waals surface area (Å²) in [7, 11) is 0. The van der Waals surface area contributed by atoms with Crippen LogP contribution in [0.4, 0.5) is 5.69 Å². The molecule has 1 saturated heterocycles. The van der Waals surface area contributed by atoms with Gasteiger partial charge in [0.2, 0.25) is 0 Å². The molecule has 0 spiro atoms. The van der Waals surface area contributed by atoms with Crippen molar-refractivity contribution in [2.24, 2.45) is 0 Å². The lowest BCUT2D eigenvalue weighted by Crippen LogP contribution is -2.42. The third-order valence-corrected chi connectivity index (χ3v) is 3.90. The van der Waals surface area contributed by atoms with Crippen LogP contribution in [0.3, 0.4) is 0 Å². The van der Waals surface area contributed by atoms with Crippen molar-refractivity contribution in [3.8, 4) is 0 Å². The quantitative estimate of drug-likeness (QED) is 0.887. The number of rotatable bonds is 3. The lowest BCUT2D eigenvalue weighted by Gasteiger charge is -2.37. The lowest BCUT2D eigenvalue weighted by molar-refractivity contribution is 0.199. The molecule has 2 rings (SSSR count). The topological polar surface area (TPSA) is 43.7 Å². The Kier molecular flexibility index (Phi) is 4.49. The second-order valence-electron chi connectivity index (χ2n) is 4.91. The van der Waals surface area contributed by atoms with Gasteiger partial charge in [0.25, 0.3) is 0 Å². The van der Waals surface area contributed by atoms with E-state index in [1.54, 1.807) is 6.92 Å². The van der Waals surface area contributed by atoms with Gasteiger partial charge in [0.05, 0.1) is 29.5 Å². The summed E-state index contributed by atoms with van der Waals surface area (Å²) < 4.78 is 0. The van der Waals surface area contributed by atoms with Crippen molar-refractivity contribution in [1.82, 2.24) is 0 Å². The van der Waals surface area contributed by atoms with E-state index in [0.29, 0.717) is 5.02 Å². The molecule has 0 radical (unpaired) electrons. The van der Waals surface area contributed by atoms with E-state index in [0.717, 1.165) is 37.1 Å². The Morgan fingerprint density at radius 3 is 2.83 bits per heavy atom. The average Bonchev–Trinajstić information content (AvgIpc) is 2.38. The Morgan fingerprint density at radius 2 is 2.22 bits per heavy atom. The molecule has 4 heteroatoms. The number of halogens is 1. The summed E-state index contributed by atoms with van der Waals surface area (Å²) in [6, 6.07) is 5.81. The summed E-state index contributed by atoms with van der Waals surface area (Å²) in [4.78, 5) is 2.18. The highest BCUT2D eigenvalue weighted by Gasteiger charge is 2.23. The zero-order valence-electron chi connectivity index (χ0n) is 10.6. The number of hydrogen-bond acceptors (Lipinski definition) is 3. The first-order chi connectivity index (χ1) is 8.63. The molecule has 18 heavy (non-hydrogen) atoms. The van der Waals surface area contributed by atoms with E-state index >= 15 is 0 Å². The molecule has 1 aromatic rings. The van der Waals surface area contributed by atoms with E-state index in [2.05, 4.69) is 4.90 Å². The van der Waals surface area contributed by atoms with Crippen LogP contribution in [-0.2, 0) is 0 Å². The van der Waals surface area contributed by atoms with Gasteiger partial charge in [-0.15, -0.1) is 0 Å². The lowest BCUT2D eigenvalue weighted by atomic mass is 10.0. The fourth-order valence-corrected chi connectivity index (χ4v) is 2.82. The molecule has 100 valence electrons. The van der Waals surface area contributed by atoms with Crippen LogP contribution in [0.15, 0.2) is 18.2 Å². The first-order valence-electron chi connectivity index (χ1n) is 6.48. The molecule has 0 saturated carbocycles. The zero-order chi connectivity index (χ0) is 13.1. The number of nitrogens with zero attached hydrogens (tertiary/aromatic N) is 1. The molecule has 0 aromatic heterocycles. The Morgan fingerprint density at radius 1 is 1.44 bits per heavy atom. The van der Waals surface area contributed by atoms with E-state index in [9.17, 15) is 10.2 Å². The van der Waals surface area contributed by atoms with E-state index in [-0.39, 0.29) is 12.6 Å². The van der Waals surface area contributed by atoms with Gasteiger partial charge in [-0.25, -0.2) is 0 Å². The highest BCUT2D eigenvalue weighted by molar-refractivity contribution is 6.33. The molecule has 2 atom stereocenters. The molecule has 1 aliphatic rings. The minimum Gasteiger partial charge on any atom is -0.394 e. The molecule has 1 heterocycles. The van der Waals surface area contributed by atoms with Gasteiger partial charge in [0, 0.05) is 6.54 Å². The normalized spacial score (nSPS) is 22.0. The number of aliphatic hydroxyl groups is 2. The van der Waals surface area contributed by atoms with Crippen molar-refractivity contribution < 1.29 is 10.2 Å². The predicted octanol–water partition coefficient (Wildman–Crippen LogP) is 2.74. The predicted molar refractivity (Wildman–Crippen MR) is 74.2 cm³/mol. The summed E-state index contributed by atoms with van der Waals surface area (Å²) in [6.45, 7) is 2.82. The van der Waals surface area contributed by atoms with E-state index < -0.39 is 6.10 Å². The molecule has 1 unspecified atom stereocenters. The molecule has 0 bridgehead atoms. The van der Waals surface area contributed by atoms with Crippen LogP contribution in [-0.4, -0.2) is 29.4 Å². The molecular formula is C14H20ClNO2. The largest absolute Gasteiger partial charge is 0.394 e. The Balaban J connectivity index is 2.26. The smallest absolute Gasteiger partial charge is 0.0762 e. The zero-order valence-corrected chi connectivity index (χ0v) is 11.4. The molecule has 2 N–H and O–H groups in total. The van der Waals surface area contributed by atoms with Gasteiger partial charge < -0.3 is 15.1 Å². The van der Waals surface area contributed by atoms with Crippen molar-refractivity contribution in [3.05, 3.63) is 28.8 Å². The van der Waals surface area contributed by atoms with E-state index in [4.69, 9.17) is 11.6 Å². The summed E-state index contributed by atoms with van der Waals surface area (Å²) in [5.74, 6) is 0. The Bertz CT molecular complexity index is 409. The monoisotopic (exact) mass is 269 g/mol. The van der Waals surface area contributed by atoms with Crippen molar-refractivity contribution in [1.29, 1.82) is 0 Å². The maximum atomic E-state index is 9.54. The third-order valence-electron chi connectivity index (χ3n) is 3.60. The van der Waals surface area contributed by atoms with Crippen LogP contribution < -0.4 is 4.90 Å². The maximum Gasteiger partial charge on any atom is 0.0762 e. The highest BCUT2D eigenvalue weighted by Crippen LogP contribution is 2.33. The summed E-state index contributed by atoms with van der Waals surface area (Å²) in [5.41, 5.74) is 1.78. The minimum atomic E-state index is -0.508. The standard InChI is InChI=1S/C14H20ClNO2/c1-10(18)11-5-6-14(13(15)8-11)16-7-3-2-4-12(16)9-17/h5-6,8,10,12,17-18H,2-4,7,9H2,1H3/t10-,12?/m1/s1. The van der Waals surface area contributed by atoms with E-state index in [1.165, 1.54) is 0 Å². The Labute approximate surface area is 113 Å². The number of piperidine rings is 1. The van der Waals surface area contributed by atoms with Gasteiger partial charge in [-0.05, 0) is 43.9 Å². The van der Waals surface area contributed by atoms with Crippen molar-refractivity contribution in [2.45, 2.75) is 38.3 Å². The molecule has 0 amide bonds. The van der Waals surface area contributed by atoms with E-state index in [1.807, 2.05) is 18.2 Å². The number of hydrogen-bond donors (Lipinski definition) is 2. The fourth-order valence-electron chi connectivity index (χ4n) is 2.52. The van der Waals surface area contributed by atoms with Gasteiger partial charge in [0.1, 0.15) is 0 Å². The van der Waals surface area contributed by atoms with Crippen LogP contribution in [0.2, 0.25) is 5.02 Å². The SMILES string of the molecule is C[C@@H](O)c1ccc(N2CCCCC2CO)c(Cl)c1. The molecule has 1 aliphatic heterocycles. The summed E-state index contributed by atoms with van der Waals surface area (Å²) in [6.07, 6.45) is 2.78. The average molecular weight is 270 g/mol. The van der Waals surface area contributed by atoms with Crippen LogP contribution in [0.5, 0.6) is 0 Å². The second kappa shape index (κ2) is 5.91. The Hall–Kier alpha value is -0.770. The number of benzene rings is 1. The summed E-state index contributed by atoms with van der Waals surface area (Å²) in [5, 5.41) is 19.6. The van der Waals surface area contributed by atoms with Crippen LogP contribution >= 0.6 is 11.6 Å². The van der Waals surface area contributed by atoms with Gasteiger partial charge in [-0.3, -0.25) is 0 Å². The highest BCUT2D eigenvalue weighted by atomic mass is 35.5. The van der Waals surface area contributed by atoms with Crippen LogP contribution in [0.1, 0.15) is 37.9 Å². The van der Waals surface area contributed by atoms with Gasteiger partial charge in [-0.2, -0.15) is 0 Å². The third kappa shape index (κ3) is 2.79. The number of aliphatic hydroxyl groups excluding tert-OH is 2. The molecule has 1 aromatic carbocycles. The van der Waals surface area contributed by atoms with Crippen LogP contribution in [0.25, 0.3) is 0 Å². The second-order valence-corrected chi connectivity index (χ2v) is 5.32. The first-order valence-corrected chi connectivity index (χ1v) is 6.86. The maximum absolute atomic E-state index is 9.54. The molecule has 3 nitrogen and oxygen atoms in total. The van der Waals surface area contributed by atoms with Crippen molar-refractivity contribution in [2.75, 3.05) is 18.1 Å². The molecule has 1 fully saturated rings. The fraction of sp³-hybridized carbons (Fsp3) is 0.571. The van der Waals surface area contributed by atoms with Gasteiger partial charge in [-0.1, -0.05) is 17.7 Å².